The van der Waals surface area contributed by atoms with Gasteiger partial charge in [0.25, 0.3) is 5.91 Å². The van der Waals surface area contributed by atoms with Crippen molar-refractivity contribution >= 4 is 28.9 Å². The van der Waals surface area contributed by atoms with Crippen molar-refractivity contribution in [1.29, 1.82) is 0 Å². The third kappa shape index (κ3) is 4.18. The van der Waals surface area contributed by atoms with Gasteiger partial charge < -0.3 is 34.1 Å². The van der Waals surface area contributed by atoms with Crippen LogP contribution in [0.4, 0.5) is 5.69 Å². The van der Waals surface area contributed by atoms with E-state index < -0.39 is 6.10 Å². The van der Waals surface area contributed by atoms with E-state index in [1.807, 2.05) is 47.4 Å². The van der Waals surface area contributed by atoms with Crippen LogP contribution in [0.5, 0.6) is 23.0 Å². The maximum absolute atomic E-state index is 12.9. The lowest BCUT2D eigenvalue weighted by Gasteiger charge is -2.38. The zero-order chi connectivity index (χ0) is 21.2. The van der Waals surface area contributed by atoms with Crippen molar-refractivity contribution in [3.8, 4) is 23.0 Å². The Kier molecular flexibility index (Phi) is 5.42. The summed E-state index contributed by atoms with van der Waals surface area (Å²) in [6, 6.07) is 13.1. The molecule has 2 aromatic carbocycles. The monoisotopic (exact) mass is 441 g/mol. The topological polar surface area (TPSA) is 72.5 Å². The number of piperazine rings is 1. The lowest BCUT2D eigenvalue weighted by molar-refractivity contribution is -0.142. The molecular weight excluding hydrogens is 418 g/mol. The molecule has 5 rings (SSSR count). The summed E-state index contributed by atoms with van der Waals surface area (Å²) in [6.45, 7) is 3.76. The van der Waals surface area contributed by atoms with Crippen molar-refractivity contribution in [1.82, 2.24) is 9.80 Å². The van der Waals surface area contributed by atoms with E-state index in [1.54, 1.807) is 0 Å². The van der Waals surface area contributed by atoms with Gasteiger partial charge in [-0.25, -0.2) is 0 Å². The Morgan fingerprint density at radius 2 is 1.55 bits per heavy atom. The summed E-state index contributed by atoms with van der Waals surface area (Å²) < 4.78 is 22.7. The minimum atomic E-state index is -0.621. The van der Waals surface area contributed by atoms with Crippen LogP contribution in [0.25, 0.3) is 0 Å². The predicted octanol–water partition coefficient (Wildman–Crippen LogP) is 2.14. The summed E-state index contributed by atoms with van der Waals surface area (Å²) in [5.74, 6) is 2.68. The fourth-order valence-corrected chi connectivity index (χ4v) is 4.10. The number of hydrogen-bond donors (Lipinski definition) is 1. The number of amides is 1. The molecule has 1 fully saturated rings. The molecule has 162 valence electrons. The molecule has 1 saturated heterocycles. The van der Waals surface area contributed by atoms with Crippen molar-refractivity contribution in [2.24, 2.45) is 0 Å². The van der Waals surface area contributed by atoms with E-state index >= 15 is 0 Å². The summed E-state index contributed by atoms with van der Waals surface area (Å²) in [6.07, 6.45) is -0.621. The molecule has 0 bridgehead atoms. The Morgan fingerprint density at radius 1 is 0.871 bits per heavy atom. The highest BCUT2D eigenvalue weighted by Gasteiger charge is 2.33. The van der Waals surface area contributed by atoms with Gasteiger partial charge in [-0.2, -0.15) is 0 Å². The van der Waals surface area contributed by atoms with Gasteiger partial charge in [-0.05, 0) is 36.5 Å². The molecule has 0 aromatic heterocycles. The first-order valence-corrected chi connectivity index (χ1v) is 10.7. The number of para-hydroxylation sites is 2. The average Bonchev–Trinajstić information content (AvgIpc) is 2.83. The lowest BCUT2D eigenvalue weighted by atomic mass is 10.2. The molecule has 31 heavy (non-hydrogen) atoms. The first-order valence-electron chi connectivity index (χ1n) is 10.3. The SMILES string of the molecule is O=C(C1COc2ccccc2O1)N1CCN(C(=S)Nc2ccc3c(c2)OCCO3)CC1. The Balaban J connectivity index is 1.14. The summed E-state index contributed by atoms with van der Waals surface area (Å²) in [5, 5.41) is 3.87. The smallest absolute Gasteiger partial charge is 0.267 e. The maximum Gasteiger partial charge on any atom is 0.267 e. The number of nitrogens with one attached hydrogen (secondary N) is 1. The molecule has 2 aromatic rings. The molecule has 1 atom stereocenters. The van der Waals surface area contributed by atoms with Crippen LogP contribution in [0.3, 0.4) is 0 Å². The number of ether oxygens (including phenoxy) is 4. The highest BCUT2D eigenvalue weighted by molar-refractivity contribution is 7.80. The first-order chi connectivity index (χ1) is 15.2. The Hall–Kier alpha value is -3.20. The number of anilines is 1. The van der Waals surface area contributed by atoms with Crippen molar-refractivity contribution in [2.45, 2.75) is 6.10 Å². The lowest BCUT2D eigenvalue weighted by Crippen LogP contribution is -2.55. The van der Waals surface area contributed by atoms with Crippen LogP contribution in [0.1, 0.15) is 0 Å². The van der Waals surface area contributed by atoms with Crippen molar-refractivity contribution in [3.63, 3.8) is 0 Å². The third-order valence-electron chi connectivity index (χ3n) is 5.46. The predicted molar refractivity (Wildman–Crippen MR) is 118 cm³/mol. The number of thiocarbonyl (C=S) groups is 1. The van der Waals surface area contributed by atoms with E-state index in [0.29, 0.717) is 61.8 Å². The number of carbonyl (C=O) groups is 1. The number of nitrogens with zero attached hydrogens (tertiary/aromatic N) is 2. The third-order valence-corrected chi connectivity index (χ3v) is 5.82. The summed E-state index contributed by atoms with van der Waals surface area (Å²) in [7, 11) is 0. The van der Waals surface area contributed by atoms with Crippen molar-refractivity contribution in [3.05, 3.63) is 42.5 Å². The maximum atomic E-state index is 12.9. The number of hydrogen-bond acceptors (Lipinski definition) is 6. The van der Waals surface area contributed by atoms with E-state index in [2.05, 4.69) is 10.2 Å². The van der Waals surface area contributed by atoms with Gasteiger partial charge in [-0.15, -0.1) is 0 Å². The first kappa shape index (κ1) is 19.7. The van der Waals surface area contributed by atoms with E-state index in [4.69, 9.17) is 31.2 Å². The van der Waals surface area contributed by atoms with Crippen molar-refractivity contribution < 1.29 is 23.7 Å². The Labute approximate surface area is 185 Å². The molecule has 3 aliphatic rings. The van der Waals surface area contributed by atoms with Gasteiger partial charge in [0.1, 0.15) is 19.8 Å². The molecule has 0 spiro atoms. The summed E-state index contributed by atoms with van der Waals surface area (Å²) in [4.78, 5) is 16.8. The van der Waals surface area contributed by atoms with Crippen LogP contribution < -0.4 is 24.3 Å². The fourth-order valence-electron chi connectivity index (χ4n) is 3.80. The molecule has 1 amide bonds. The normalized spacial score (nSPS) is 19.5. The van der Waals surface area contributed by atoms with Crippen LogP contribution in [-0.2, 0) is 4.79 Å². The van der Waals surface area contributed by atoms with Crippen LogP contribution in [0.2, 0.25) is 0 Å². The second-order valence-corrected chi connectivity index (χ2v) is 7.85. The van der Waals surface area contributed by atoms with Crippen LogP contribution in [0.15, 0.2) is 42.5 Å². The van der Waals surface area contributed by atoms with Crippen LogP contribution in [-0.4, -0.2) is 72.9 Å². The number of fused-ring (bicyclic) bond motifs is 2. The molecule has 3 heterocycles. The quantitative estimate of drug-likeness (QED) is 0.711. The van der Waals surface area contributed by atoms with Gasteiger partial charge in [-0.3, -0.25) is 4.79 Å². The van der Waals surface area contributed by atoms with Gasteiger partial charge in [0.05, 0.1) is 0 Å². The van der Waals surface area contributed by atoms with Gasteiger partial charge >= 0.3 is 0 Å². The van der Waals surface area contributed by atoms with Gasteiger partial charge in [-0.1, -0.05) is 12.1 Å². The van der Waals surface area contributed by atoms with E-state index in [9.17, 15) is 4.79 Å². The average molecular weight is 442 g/mol. The highest BCUT2D eigenvalue weighted by atomic mass is 32.1. The molecule has 0 aliphatic carbocycles. The number of rotatable bonds is 2. The minimum absolute atomic E-state index is 0.0557. The van der Waals surface area contributed by atoms with Gasteiger partial charge in [0.15, 0.2) is 28.1 Å². The summed E-state index contributed by atoms with van der Waals surface area (Å²) >= 11 is 5.58. The molecule has 3 aliphatic heterocycles. The van der Waals surface area contributed by atoms with Crippen LogP contribution >= 0.6 is 12.2 Å². The van der Waals surface area contributed by atoms with Crippen LogP contribution in [0, 0.1) is 0 Å². The Bertz CT molecular complexity index is 993. The molecular formula is C22H23N3O5S. The second-order valence-electron chi connectivity index (χ2n) is 7.47. The Morgan fingerprint density at radius 3 is 2.35 bits per heavy atom. The molecule has 1 N–H and O–H groups in total. The molecule has 1 unspecified atom stereocenters. The molecule has 8 nitrogen and oxygen atoms in total. The molecule has 0 radical (unpaired) electrons. The largest absolute Gasteiger partial charge is 0.486 e. The van der Waals surface area contributed by atoms with Gasteiger partial charge in [0, 0.05) is 37.9 Å². The van der Waals surface area contributed by atoms with E-state index in [-0.39, 0.29) is 12.5 Å². The standard InChI is InChI=1S/C22H23N3O5S/c26-21(20-14-29-16-3-1-2-4-18(16)30-20)24-7-9-25(10-8-24)22(31)23-15-5-6-17-19(13-15)28-12-11-27-17/h1-6,13,20H,7-12,14H2,(H,23,31). The zero-order valence-corrected chi connectivity index (χ0v) is 17.7. The number of carbonyl (C=O) groups excluding carboxylic acids is 1. The summed E-state index contributed by atoms with van der Waals surface area (Å²) in [5.41, 5.74) is 0.846. The molecule has 9 heteroatoms. The van der Waals surface area contributed by atoms with Crippen molar-refractivity contribution in [2.75, 3.05) is 51.3 Å². The van der Waals surface area contributed by atoms with E-state index in [0.717, 1.165) is 11.4 Å². The number of benzene rings is 2. The van der Waals surface area contributed by atoms with Gasteiger partial charge in [0.2, 0.25) is 6.10 Å². The highest BCUT2D eigenvalue weighted by Crippen LogP contribution is 2.33. The minimum Gasteiger partial charge on any atom is -0.486 e. The second kappa shape index (κ2) is 8.50. The fraction of sp³-hybridized carbons (Fsp3) is 0.364. The zero-order valence-electron chi connectivity index (χ0n) is 16.9. The van der Waals surface area contributed by atoms with E-state index in [1.165, 1.54) is 0 Å². The molecule has 0 saturated carbocycles.